The molecule has 0 amide bonds. The van der Waals surface area contributed by atoms with Gasteiger partial charge in [0.15, 0.2) is 11.6 Å². The first-order chi connectivity index (χ1) is 9.11. The van der Waals surface area contributed by atoms with Gasteiger partial charge < -0.3 is 20.9 Å². The van der Waals surface area contributed by atoms with Gasteiger partial charge in [0.1, 0.15) is 0 Å². The van der Waals surface area contributed by atoms with Crippen molar-refractivity contribution in [1.82, 2.24) is 0 Å². The predicted molar refractivity (Wildman–Crippen MR) is 73.8 cm³/mol. The van der Waals surface area contributed by atoms with Crippen molar-refractivity contribution >= 4 is 11.4 Å². The lowest BCUT2D eigenvalue weighted by molar-refractivity contribution is 0.0763. The number of anilines is 2. The van der Waals surface area contributed by atoms with Crippen LogP contribution in [0.2, 0.25) is 0 Å². The van der Waals surface area contributed by atoms with Gasteiger partial charge >= 0.3 is 0 Å². The van der Waals surface area contributed by atoms with Crippen molar-refractivity contribution in [2.75, 3.05) is 24.7 Å². The highest BCUT2D eigenvalue weighted by molar-refractivity contribution is 5.68. The van der Waals surface area contributed by atoms with Crippen molar-refractivity contribution < 1.29 is 14.2 Å². The monoisotopic (exact) mass is 268 g/mol. The molecule has 2 atom stereocenters. The molecule has 0 aliphatic heterocycles. The molecule has 1 saturated carbocycles. The molecule has 0 heterocycles. The van der Waals surface area contributed by atoms with Crippen LogP contribution in [0, 0.1) is 11.7 Å². The van der Waals surface area contributed by atoms with Crippen molar-refractivity contribution in [2.45, 2.75) is 31.8 Å². The Balaban J connectivity index is 2.02. The van der Waals surface area contributed by atoms with E-state index in [9.17, 15) is 9.50 Å². The van der Waals surface area contributed by atoms with E-state index < -0.39 is 5.82 Å². The summed E-state index contributed by atoms with van der Waals surface area (Å²) >= 11 is 0. The average Bonchev–Trinajstić information content (AvgIpc) is 2.39. The van der Waals surface area contributed by atoms with Gasteiger partial charge in [0.05, 0.1) is 24.6 Å². The molecule has 1 fully saturated rings. The van der Waals surface area contributed by atoms with Gasteiger partial charge in [-0.15, -0.1) is 0 Å². The quantitative estimate of drug-likeness (QED) is 0.733. The van der Waals surface area contributed by atoms with Gasteiger partial charge in [-0.2, -0.15) is 0 Å². The minimum atomic E-state index is -0.469. The summed E-state index contributed by atoms with van der Waals surface area (Å²) in [4.78, 5) is 0. The molecule has 0 bridgehead atoms. The number of halogens is 1. The van der Waals surface area contributed by atoms with Gasteiger partial charge in [-0.25, -0.2) is 4.39 Å². The van der Waals surface area contributed by atoms with E-state index >= 15 is 0 Å². The first-order valence-electron chi connectivity index (χ1n) is 6.66. The molecule has 0 spiro atoms. The van der Waals surface area contributed by atoms with E-state index in [4.69, 9.17) is 10.5 Å². The van der Waals surface area contributed by atoms with Crippen LogP contribution in [0.1, 0.15) is 25.7 Å². The Bertz CT molecular complexity index is 440. The van der Waals surface area contributed by atoms with Gasteiger partial charge in [0, 0.05) is 24.6 Å². The second-order valence-corrected chi connectivity index (χ2v) is 5.07. The van der Waals surface area contributed by atoms with E-state index in [1.807, 2.05) is 0 Å². The van der Waals surface area contributed by atoms with Crippen LogP contribution in [-0.2, 0) is 0 Å². The summed E-state index contributed by atoms with van der Waals surface area (Å²) < 4.78 is 18.3. The molecule has 5 heteroatoms. The van der Waals surface area contributed by atoms with Crippen LogP contribution in [0.5, 0.6) is 5.75 Å². The lowest BCUT2D eigenvalue weighted by Crippen LogP contribution is -2.30. The molecular formula is C14H21FN2O2. The van der Waals surface area contributed by atoms with E-state index in [0.29, 0.717) is 17.9 Å². The maximum atomic E-state index is 13.4. The second-order valence-electron chi connectivity index (χ2n) is 5.07. The first kappa shape index (κ1) is 13.9. The SMILES string of the molecule is COc1cc(NCC2CCCCC2O)c(N)cc1F. The smallest absolute Gasteiger partial charge is 0.167 e. The minimum Gasteiger partial charge on any atom is -0.494 e. The number of benzene rings is 1. The Hall–Kier alpha value is -1.49. The highest BCUT2D eigenvalue weighted by Gasteiger charge is 2.23. The first-order valence-corrected chi connectivity index (χ1v) is 6.66. The highest BCUT2D eigenvalue weighted by atomic mass is 19.1. The summed E-state index contributed by atoms with van der Waals surface area (Å²) in [6.07, 6.45) is 3.83. The Labute approximate surface area is 112 Å². The number of aliphatic hydroxyl groups is 1. The van der Waals surface area contributed by atoms with Crippen LogP contribution in [-0.4, -0.2) is 24.9 Å². The van der Waals surface area contributed by atoms with Gasteiger partial charge in [-0.3, -0.25) is 0 Å². The maximum absolute atomic E-state index is 13.4. The van der Waals surface area contributed by atoms with Crippen molar-refractivity contribution in [3.05, 3.63) is 17.9 Å². The summed E-state index contributed by atoms with van der Waals surface area (Å²) in [7, 11) is 1.42. The third kappa shape index (κ3) is 3.29. The van der Waals surface area contributed by atoms with E-state index in [0.717, 1.165) is 25.7 Å². The standard InChI is InChI=1S/C14H21FN2O2/c1-19-14-7-12(11(16)6-10(14)15)17-8-9-4-2-3-5-13(9)18/h6-7,9,13,17-18H,2-5,8,16H2,1H3. The summed E-state index contributed by atoms with van der Waals surface area (Å²) in [6, 6.07) is 2.80. The Morgan fingerprint density at radius 2 is 2.16 bits per heavy atom. The molecule has 1 aliphatic rings. The summed E-state index contributed by atoms with van der Waals surface area (Å²) in [5.74, 6) is -0.0756. The number of hydrogen-bond donors (Lipinski definition) is 3. The largest absolute Gasteiger partial charge is 0.494 e. The number of nitrogen functional groups attached to an aromatic ring is 1. The Kier molecular flexibility index (Phi) is 4.47. The number of rotatable bonds is 4. The minimum absolute atomic E-state index is 0.167. The van der Waals surface area contributed by atoms with Crippen molar-refractivity contribution in [2.24, 2.45) is 5.92 Å². The van der Waals surface area contributed by atoms with Gasteiger partial charge in [-0.1, -0.05) is 12.8 Å². The fourth-order valence-electron chi connectivity index (χ4n) is 2.55. The van der Waals surface area contributed by atoms with E-state index in [1.54, 1.807) is 6.07 Å². The molecule has 106 valence electrons. The van der Waals surface area contributed by atoms with Crippen molar-refractivity contribution in [3.63, 3.8) is 0 Å². The molecule has 0 aromatic heterocycles. The molecule has 4 nitrogen and oxygen atoms in total. The Morgan fingerprint density at radius 1 is 1.42 bits per heavy atom. The van der Waals surface area contributed by atoms with Crippen LogP contribution in [0.3, 0.4) is 0 Å². The topological polar surface area (TPSA) is 67.5 Å². The molecule has 4 N–H and O–H groups in total. The highest BCUT2D eigenvalue weighted by Crippen LogP contribution is 2.30. The molecule has 2 unspecified atom stereocenters. The molecule has 0 saturated heterocycles. The number of ether oxygens (including phenoxy) is 1. The van der Waals surface area contributed by atoms with Gasteiger partial charge in [0.2, 0.25) is 0 Å². The zero-order valence-electron chi connectivity index (χ0n) is 11.2. The van der Waals surface area contributed by atoms with Crippen LogP contribution < -0.4 is 15.8 Å². The number of nitrogens with one attached hydrogen (secondary N) is 1. The van der Waals surface area contributed by atoms with Crippen LogP contribution in [0.15, 0.2) is 12.1 Å². The Morgan fingerprint density at radius 3 is 2.84 bits per heavy atom. The van der Waals surface area contributed by atoms with Crippen molar-refractivity contribution in [1.29, 1.82) is 0 Å². The van der Waals surface area contributed by atoms with Gasteiger partial charge in [0.25, 0.3) is 0 Å². The fraction of sp³-hybridized carbons (Fsp3) is 0.571. The molecule has 19 heavy (non-hydrogen) atoms. The maximum Gasteiger partial charge on any atom is 0.167 e. The van der Waals surface area contributed by atoms with Crippen LogP contribution >= 0.6 is 0 Å². The molecule has 1 aromatic carbocycles. The molecule has 0 radical (unpaired) electrons. The molecular weight excluding hydrogens is 247 g/mol. The molecule has 2 rings (SSSR count). The number of aliphatic hydroxyl groups excluding tert-OH is 1. The lowest BCUT2D eigenvalue weighted by Gasteiger charge is -2.28. The summed E-state index contributed by atoms with van der Waals surface area (Å²) in [6.45, 7) is 0.639. The van der Waals surface area contributed by atoms with E-state index in [2.05, 4.69) is 5.32 Å². The third-order valence-corrected chi connectivity index (χ3v) is 3.75. The third-order valence-electron chi connectivity index (χ3n) is 3.75. The number of methoxy groups -OCH3 is 1. The van der Waals surface area contributed by atoms with E-state index in [-0.39, 0.29) is 17.8 Å². The zero-order chi connectivity index (χ0) is 13.8. The lowest BCUT2D eigenvalue weighted by atomic mass is 9.86. The van der Waals surface area contributed by atoms with Crippen LogP contribution in [0.4, 0.5) is 15.8 Å². The summed E-state index contributed by atoms with van der Waals surface area (Å²) in [5, 5.41) is 13.1. The second kappa shape index (κ2) is 6.10. The van der Waals surface area contributed by atoms with E-state index in [1.165, 1.54) is 13.2 Å². The molecule has 1 aromatic rings. The number of hydrogen-bond acceptors (Lipinski definition) is 4. The normalized spacial score (nSPS) is 23.1. The number of nitrogens with two attached hydrogens (primary N) is 1. The van der Waals surface area contributed by atoms with Crippen molar-refractivity contribution in [3.8, 4) is 5.75 Å². The average molecular weight is 268 g/mol. The van der Waals surface area contributed by atoms with Gasteiger partial charge in [-0.05, 0) is 12.8 Å². The summed E-state index contributed by atoms with van der Waals surface area (Å²) in [5.41, 5.74) is 6.77. The molecule has 1 aliphatic carbocycles. The predicted octanol–water partition coefficient (Wildman–Crippen LogP) is 2.38. The van der Waals surface area contributed by atoms with Crippen LogP contribution in [0.25, 0.3) is 0 Å². The zero-order valence-corrected chi connectivity index (χ0v) is 11.2. The fourth-order valence-corrected chi connectivity index (χ4v) is 2.55.